The van der Waals surface area contributed by atoms with Gasteiger partial charge in [-0.1, -0.05) is 148 Å². The first kappa shape index (κ1) is 38.0. The molecule has 1 aromatic carbocycles. The van der Waals surface area contributed by atoms with E-state index in [9.17, 15) is 14.7 Å². The first-order valence-corrected chi connectivity index (χ1v) is 18.0. The van der Waals surface area contributed by atoms with E-state index in [4.69, 9.17) is 0 Å². The SMILES string of the molecule is CCCCCCCCCCCCCCCCCC(=O)NCCCCCCCCCCCCC(=O)Nc1ccc(O)cc1. The summed E-state index contributed by atoms with van der Waals surface area (Å²) in [5.74, 6) is 0.488. The van der Waals surface area contributed by atoms with Gasteiger partial charge >= 0.3 is 0 Å². The Morgan fingerprint density at radius 3 is 1.29 bits per heavy atom. The third-order valence-electron chi connectivity index (χ3n) is 8.31. The molecule has 1 rings (SSSR count). The van der Waals surface area contributed by atoms with Crippen molar-refractivity contribution in [1.29, 1.82) is 0 Å². The minimum absolute atomic E-state index is 0.0434. The lowest BCUT2D eigenvalue weighted by Crippen LogP contribution is -2.23. The quantitative estimate of drug-likeness (QED) is 0.0619. The van der Waals surface area contributed by atoms with Gasteiger partial charge in [-0.2, -0.15) is 0 Å². The van der Waals surface area contributed by atoms with Gasteiger partial charge in [-0.25, -0.2) is 0 Å². The van der Waals surface area contributed by atoms with Crippen molar-refractivity contribution >= 4 is 17.5 Å². The Morgan fingerprint density at radius 2 is 0.857 bits per heavy atom. The maximum absolute atomic E-state index is 12.0. The summed E-state index contributed by atoms with van der Waals surface area (Å²) >= 11 is 0. The van der Waals surface area contributed by atoms with Gasteiger partial charge in [0, 0.05) is 25.1 Å². The van der Waals surface area contributed by atoms with Gasteiger partial charge in [0.2, 0.25) is 11.8 Å². The van der Waals surface area contributed by atoms with Crippen LogP contribution in [0.2, 0.25) is 0 Å². The molecule has 2 amide bonds. The highest BCUT2D eigenvalue weighted by atomic mass is 16.3. The molecule has 0 aliphatic rings. The molecule has 5 nitrogen and oxygen atoms in total. The highest BCUT2D eigenvalue weighted by Crippen LogP contribution is 2.16. The summed E-state index contributed by atoms with van der Waals surface area (Å²) in [6.07, 6.45) is 33.5. The minimum Gasteiger partial charge on any atom is -0.508 e. The molecular formula is C37H66N2O3. The normalized spacial score (nSPS) is 11.1. The van der Waals surface area contributed by atoms with Crippen molar-refractivity contribution in [2.75, 3.05) is 11.9 Å². The number of nitrogens with one attached hydrogen (secondary N) is 2. The molecule has 3 N–H and O–H groups in total. The highest BCUT2D eigenvalue weighted by molar-refractivity contribution is 5.90. The van der Waals surface area contributed by atoms with E-state index in [2.05, 4.69) is 17.6 Å². The second-order valence-corrected chi connectivity index (χ2v) is 12.4. The zero-order valence-electron chi connectivity index (χ0n) is 27.4. The van der Waals surface area contributed by atoms with E-state index in [1.807, 2.05) is 0 Å². The number of aromatic hydroxyl groups is 1. The van der Waals surface area contributed by atoms with Crippen molar-refractivity contribution in [2.45, 2.75) is 180 Å². The topological polar surface area (TPSA) is 78.4 Å². The molecule has 0 unspecified atom stereocenters. The molecule has 0 radical (unpaired) electrons. The number of phenols is 1. The van der Waals surface area contributed by atoms with Crippen molar-refractivity contribution in [2.24, 2.45) is 0 Å². The fourth-order valence-electron chi connectivity index (χ4n) is 5.57. The third kappa shape index (κ3) is 25.7. The molecule has 242 valence electrons. The molecule has 1 aromatic rings. The lowest BCUT2D eigenvalue weighted by molar-refractivity contribution is -0.121. The summed E-state index contributed by atoms with van der Waals surface area (Å²) in [6.45, 7) is 3.11. The van der Waals surface area contributed by atoms with Crippen LogP contribution in [0.4, 0.5) is 5.69 Å². The van der Waals surface area contributed by atoms with Crippen molar-refractivity contribution in [3.05, 3.63) is 24.3 Å². The largest absolute Gasteiger partial charge is 0.508 e. The maximum atomic E-state index is 12.0. The van der Waals surface area contributed by atoms with Gasteiger partial charge in [0.1, 0.15) is 5.75 Å². The number of benzene rings is 1. The summed E-state index contributed by atoms with van der Waals surface area (Å²) in [6, 6.07) is 6.59. The van der Waals surface area contributed by atoms with Crippen molar-refractivity contribution in [3.8, 4) is 5.75 Å². The van der Waals surface area contributed by atoms with Crippen LogP contribution in [0.5, 0.6) is 5.75 Å². The van der Waals surface area contributed by atoms with Gasteiger partial charge in [-0.05, 0) is 43.5 Å². The Kier molecular flexibility index (Phi) is 26.3. The Balaban J connectivity index is 1.73. The molecule has 0 atom stereocenters. The number of carbonyl (C=O) groups excluding carboxylic acids is 2. The first-order valence-electron chi connectivity index (χ1n) is 18.0. The average molecular weight is 587 g/mol. The fraction of sp³-hybridized carbons (Fsp3) is 0.784. The molecule has 0 aliphatic heterocycles. The summed E-state index contributed by atoms with van der Waals surface area (Å²) < 4.78 is 0. The second-order valence-electron chi connectivity index (χ2n) is 12.4. The molecule has 0 heterocycles. The van der Waals surface area contributed by atoms with E-state index in [0.29, 0.717) is 12.8 Å². The first-order chi connectivity index (χ1) is 20.6. The molecule has 0 spiro atoms. The smallest absolute Gasteiger partial charge is 0.224 e. The maximum Gasteiger partial charge on any atom is 0.224 e. The van der Waals surface area contributed by atoms with Crippen molar-refractivity contribution in [1.82, 2.24) is 5.32 Å². The van der Waals surface area contributed by atoms with Gasteiger partial charge in [0.05, 0.1) is 0 Å². The summed E-state index contributed by atoms with van der Waals surface area (Å²) in [5.41, 5.74) is 0.732. The third-order valence-corrected chi connectivity index (χ3v) is 8.31. The number of rotatable bonds is 30. The van der Waals surface area contributed by atoms with Gasteiger partial charge < -0.3 is 15.7 Å². The second kappa shape index (κ2) is 29.1. The van der Waals surface area contributed by atoms with E-state index < -0.39 is 0 Å². The Labute approximate surface area is 259 Å². The van der Waals surface area contributed by atoms with Crippen LogP contribution in [0.15, 0.2) is 24.3 Å². The van der Waals surface area contributed by atoms with Crippen molar-refractivity contribution < 1.29 is 14.7 Å². The van der Waals surface area contributed by atoms with E-state index >= 15 is 0 Å². The highest BCUT2D eigenvalue weighted by Gasteiger charge is 2.03. The number of unbranched alkanes of at least 4 members (excludes halogenated alkanes) is 23. The number of hydrogen-bond acceptors (Lipinski definition) is 3. The van der Waals surface area contributed by atoms with Gasteiger partial charge in [0.25, 0.3) is 0 Å². The van der Waals surface area contributed by atoms with Crippen LogP contribution in [0, 0.1) is 0 Å². The van der Waals surface area contributed by atoms with E-state index in [1.165, 1.54) is 135 Å². The van der Waals surface area contributed by atoms with Crippen LogP contribution >= 0.6 is 0 Å². The van der Waals surface area contributed by atoms with Crippen LogP contribution in [0.1, 0.15) is 180 Å². The van der Waals surface area contributed by atoms with Crippen molar-refractivity contribution in [3.63, 3.8) is 0 Å². The molecule has 0 saturated carbocycles. The van der Waals surface area contributed by atoms with E-state index in [-0.39, 0.29) is 17.6 Å². The predicted molar refractivity (Wildman–Crippen MR) is 180 cm³/mol. The Morgan fingerprint density at radius 1 is 0.500 bits per heavy atom. The van der Waals surface area contributed by atoms with Crippen LogP contribution < -0.4 is 10.6 Å². The molecular weight excluding hydrogens is 520 g/mol. The minimum atomic E-state index is 0.0434. The monoisotopic (exact) mass is 587 g/mol. The summed E-state index contributed by atoms with van der Waals surface area (Å²) in [5, 5.41) is 15.3. The summed E-state index contributed by atoms with van der Waals surface area (Å²) in [7, 11) is 0. The molecule has 0 fully saturated rings. The zero-order chi connectivity index (χ0) is 30.4. The number of phenolic OH excluding ortho intramolecular Hbond substituents is 1. The molecule has 0 aromatic heterocycles. The van der Waals surface area contributed by atoms with Crippen LogP contribution in [0.3, 0.4) is 0 Å². The van der Waals surface area contributed by atoms with E-state index in [0.717, 1.165) is 37.9 Å². The van der Waals surface area contributed by atoms with Crippen LogP contribution in [-0.4, -0.2) is 23.5 Å². The van der Waals surface area contributed by atoms with Crippen LogP contribution in [0.25, 0.3) is 0 Å². The summed E-state index contributed by atoms with van der Waals surface area (Å²) in [4.78, 5) is 24.0. The number of carbonyl (C=O) groups is 2. The Hall–Kier alpha value is -2.04. The number of hydrogen-bond donors (Lipinski definition) is 3. The van der Waals surface area contributed by atoms with Gasteiger partial charge in [-0.15, -0.1) is 0 Å². The Bertz CT molecular complexity index is 750. The number of anilines is 1. The fourth-order valence-corrected chi connectivity index (χ4v) is 5.57. The molecule has 42 heavy (non-hydrogen) atoms. The van der Waals surface area contributed by atoms with E-state index in [1.54, 1.807) is 24.3 Å². The standard InChI is InChI=1S/C37H66N2O3/c1-2-3-4-5-6-7-8-9-10-11-12-15-18-21-24-27-36(41)38-33-26-23-20-17-14-13-16-19-22-25-28-37(42)39-34-29-31-35(40)32-30-34/h29-32,40H,2-28,33H2,1H3,(H,38,41)(H,39,42). The zero-order valence-corrected chi connectivity index (χ0v) is 27.4. The van der Waals surface area contributed by atoms with Crippen LogP contribution in [-0.2, 0) is 9.59 Å². The molecule has 0 bridgehead atoms. The predicted octanol–water partition coefficient (Wildman–Crippen LogP) is 11.0. The molecule has 0 aliphatic carbocycles. The average Bonchev–Trinajstić information content (AvgIpc) is 2.98. The molecule has 0 saturated heterocycles. The number of amides is 2. The molecule has 5 heteroatoms. The lowest BCUT2D eigenvalue weighted by atomic mass is 10.0. The van der Waals surface area contributed by atoms with Gasteiger partial charge in [-0.3, -0.25) is 9.59 Å². The van der Waals surface area contributed by atoms with Gasteiger partial charge in [0.15, 0.2) is 0 Å². The lowest BCUT2D eigenvalue weighted by Gasteiger charge is -2.06.